The Hall–Kier alpha value is -3.68. The second kappa shape index (κ2) is 10.8. The summed E-state index contributed by atoms with van der Waals surface area (Å²) in [6, 6.07) is 19.9. The predicted octanol–water partition coefficient (Wildman–Crippen LogP) is 5.99. The van der Waals surface area contributed by atoms with Gasteiger partial charge in [0.1, 0.15) is 11.8 Å². The summed E-state index contributed by atoms with van der Waals surface area (Å²) in [5.74, 6) is 0.00134. The zero-order chi connectivity index (χ0) is 26.9. The number of hydrogen-bond donors (Lipinski definition) is 3. The molecule has 6 rings (SSSR count). The van der Waals surface area contributed by atoms with Gasteiger partial charge in [-0.3, -0.25) is 14.5 Å². The Balaban J connectivity index is 1.26. The van der Waals surface area contributed by atoms with E-state index in [1.54, 1.807) is 17.4 Å². The van der Waals surface area contributed by atoms with Crippen LogP contribution in [0.4, 0.5) is 5.69 Å². The fourth-order valence-corrected chi connectivity index (χ4v) is 6.98. The smallest absolute Gasteiger partial charge is 0.246 e. The number of fused-ring (bicyclic) bond motifs is 1. The van der Waals surface area contributed by atoms with E-state index >= 15 is 0 Å². The summed E-state index contributed by atoms with van der Waals surface area (Å²) in [6.07, 6.45) is 4.31. The number of anilines is 1. The minimum absolute atomic E-state index is 0.0785. The molecule has 39 heavy (non-hydrogen) atoms. The second-order valence-corrected chi connectivity index (χ2v) is 11.8. The van der Waals surface area contributed by atoms with E-state index in [-0.39, 0.29) is 17.6 Å². The number of phenols is 1. The van der Waals surface area contributed by atoms with Gasteiger partial charge in [0, 0.05) is 28.2 Å². The molecule has 3 N–H and O–H groups in total. The summed E-state index contributed by atoms with van der Waals surface area (Å²) >= 11 is 1.68. The summed E-state index contributed by atoms with van der Waals surface area (Å²) in [5.41, 5.74) is 7.02. The molecule has 7 heteroatoms. The van der Waals surface area contributed by atoms with E-state index in [1.165, 1.54) is 48.2 Å². The first-order valence-electron chi connectivity index (χ1n) is 13.7. The minimum atomic E-state index is -0.468. The maximum atomic E-state index is 12.5. The largest absolute Gasteiger partial charge is 0.508 e. The molecule has 2 saturated heterocycles. The number of phenolic OH excluding ortho intramolecular Hbond substituents is 1. The lowest BCUT2D eigenvalue weighted by atomic mass is 9.96. The third kappa shape index (κ3) is 5.56. The van der Waals surface area contributed by atoms with Crippen LogP contribution in [0.15, 0.2) is 60.7 Å². The van der Waals surface area contributed by atoms with Crippen LogP contribution >= 0.6 is 11.3 Å². The fourth-order valence-electron chi connectivity index (χ4n) is 5.72. The Kier molecular flexibility index (Phi) is 7.11. The molecule has 200 valence electrons. The summed E-state index contributed by atoms with van der Waals surface area (Å²) in [6.45, 7) is 5.62. The molecule has 2 amide bonds. The Bertz CT molecular complexity index is 1540. The van der Waals surface area contributed by atoms with Gasteiger partial charge in [-0.2, -0.15) is 0 Å². The summed E-state index contributed by atoms with van der Waals surface area (Å²) in [7, 11) is 0. The van der Waals surface area contributed by atoms with Gasteiger partial charge >= 0.3 is 0 Å². The van der Waals surface area contributed by atoms with Crippen molar-refractivity contribution in [1.82, 2.24) is 10.2 Å². The number of amides is 2. The van der Waals surface area contributed by atoms with Crippen molar-refractivity contribution in [2.75, 3.05) is 18.4 Å². The second-order valence-electron chi connectivity index (χ2n) is 10.7. The van der Waals surface area contributed by atoms with Gasteiger partial charge < -0.3 is 15.7 Å². The average molecular weight is 540 g/mol. The van der Waals surface area contributed by atoms with Crippen LogP contribution in [0.2, 0.25) is 0 Å². The number of carbonyl (C=O) groups excluding carboxylic acids is 2. The highest BCUT2D eigenvalue weighted by atomic mass is 32.1. The van der Waals surface area contributed by atoms with Gasteiger partial charge in [0.2, 0.25) is 11.8 Å². The first kappa shape index (κ1) is 25.6. The number of rotatable bonds is 7. The van der Waals surface area contributed by atoms with Gasteiger partial charge in [-0.05, 0) is 109 Å². The van der Waals surface area contributed by atoms with Crippen LogP contribution in [0.5, 0.6) is 5.75 Å². The van der Waals surface area contributed by atoms with Crippen molar-refractivity contribution in [3.05, 3.63) is 82.9 Å². The lowest BCUT2D eigenvalue weighted by Crippen LogP contribution is -2.37. The van der Waals surface area contributed by atoms with Crippen LogP contribution in [-0.2, 0) is 22.6 Å². The summed E-state index contributed by atoms with van der Waals surface area (Å²) < 4.78 is 1.05. The van der Waals surface area contributed by atoms with Gasteiger partial charge in [-0.25, -0.2) is 0 Å². The lowest BCUT2D eigenvalue weighted by molar-refractivity contribution is -0.122. The van der Waals surface area contributed by atoms with E-state index < -0.39 is 6.04 Å². The zero-order valence-corrected chi connectivity index (χ0v) is 22.9. The molecular formula is C32H33N3O3S. The van der Waals surface area contributed by atoms with Gasteiger partial charge in [0.15, 0.2) is 0 Å². The normalized spacial score (nSPS) is 17.6. The van der Waals surface area contributed by atoms with Crippen molar-refractivity contribution in [3.8, 4) is 16.2 Å². The van der Waals surface area contributed by atoms with Crippen LogP contribution < -0.4 is 10.6 Å². The lowest BCUT2D eigenvalue weighted by Gasteiger charge is -2.17. The number of aryl methyl sites for hydroxylation is 1. The van der Waals surface area contributed by atoms with Crippen molar-refractivity contribution >= 4 is 38.9 Å². The maximum Gasteiger partial charge on any atom is 0.246 e. The highest BCUT2D eigenvalue weighted by Crippen LogP contribution is 2.41. The minimum Gasteiger partial charge on any atom is -0.508 e. The molecule has 0 spiro atoms. The Labute approximate surface area is 232 Å². The number of carbonyl (C=O) groups is 2. The molecule has 1 aromatic heterocycles. The fraction of sp³-hybridized carbons (Fsp3) is 0.312. The van der Waals surface area contributed by atoms with Crippen LogP contribution in [0.1, 0.15) is 47.9 Å². The molecule has 0 saturated carbocycles. The number of likely N-dealkylation sites (tertiary alicyclic amines) is 1. The number of nitrogens with zero attached hydrogens (tertiary/aromatic N) is 1. The number of hydrogen-bond acceptors (Lipinski definition) is 5. The zero-order valence-electron chi connectivity index (χ0n) is 22.1. The molecule has 1 unspecified atom stereocenters. The quantitative estimate of drug-likeness (QED) is 0.270. The summed E-state index contributed by atoms with van der Waals surface area (Å²) in [5, 5.41) is 16.9. The van der Waals surface area contributed by atoms with Crippen LogP contribution in [-0.4, -0.2) is 41.0 Å². The van der Waals surface area contributed by atoms with Crippen molar-refractivity contribution in [3.63, 3.8) is 0 Å². The van der Waals surface area contributed by atoms with Crippen LogP contribution in [0.25, 0.3) is 20.5 Å². The molecule has 3 heterocycles. The molecule has 4 aromatic rings. The van der Waals surface area contributed by atoms with Crippen molar-refractivity contribution in [2.45, 2.75) is 51.6 Å². The van der Waals surface area contributed by atoms with Crippen molar-refractivity contribution in [1.29, 1.82) is 0 Å². The Morgan fingerprint density at radius 2 is 1.87 bits per heavy atom. The Morgan fingerprint density at radius 3 is 2.59 bits per heavy atom. The van der Waals surface area contributed by atoms with Gasteiger partial charge in [-0.1, -0.05) is 30.3 Å². The number of nitrogens with one attached hydrogen (secondary N) is 2. The number of thiophene rings is 1. The SMILES string of the molecule is Cc1cc(Cc2c(-c3ccc(NC(=O)C4CCC(=O)N4)cc3)sc3cc(O)ccc23)ccc1CN1CCCC1. The predicted molar refractivity (Wildman–Crippen MR) is 157 cm³/mol. The van der Waals surface area contributed by atoms with Gasteiger partial charge in [0.25, 0.3) is 0 Å². The molecule has 1 atom stereocenters. The molecule has 6 nitrogen and oxygen atoms in total. The van der Waals surface area contributed by atoms with Crippen LogP contribution in [0, 0.1) is 6.92 Å². The first-order chi connectivity index (χ1) is 18.9. The first-order valence-corrected chi connectivity index (χ1v) is 14.5. The number of benzene rings is 3. The summed E-state index contributed by atoms with van der Waals surface area (Å²) in [4.78, 5) is 27.7. The van der Waals surface area contributed by atoms with E-state index in [1.807, 2.05) is 36.4 Å². The molecular weight excluding hydrogens is 506 g/mol. The maximum absolute atomic E-state index is 12.5. The molecule has 3 aromatic carbocycles. The third-order valence-corrected chi connectivity index (χ3v) is 9.13. The molecule has 0 aliphatic carbocycles. The highest BCUT2D eigenvalue weighted by Gasteiger charge is 2.27. The standard InChI is InChI=1S/C32H33N3O3S/c1-20-16-21(4-5-23(20)19-35-14-2-3-15-35)17-27-26-11-10-25(36)18-29(26)39-31(27)22-6-8-24(9-7-22)33-32(38)28-12-13-30(37)34-28/h4-11,16,18,28,36H,2-3,12-15,17,19H2,1H3,(H,33,38)(H,34,37). The highest BCUT2D eigenvalue weighted by molar-refractivity contribution is 7.22. The molecule has 2 fully saturated rings. The van der Waals surface area contributed by atoms with Crippen LogP contribution in [0.3, 0.4) is 0 Å². The van der Waals surface area contributed by atoms with E-state index in [2.05, 4.69) is 40.7 Å². The monoisotopic (exact) mass is 539 g/mol. The topological polar surface area (TPSA) is 81.7 Å². The van der Waals surface area contributed by atoms with Gasteiger partial charge in [0.05, 0.1) is 0 Å². The average Bonchev–Trinajstić information content (AvgIpc) is 3.67. The van der Waals surface area contributed by atoms with E-state index in [4.69, 9.17) is 0 Å². The van der Waals surface area contributed by atoms with Crippen molar-refractivity contribution < 1.29 is 14.7 Å². The van der Waals surface area contributed by atoms with Gasteiger partial charge in [-0.15, -0.1) is 11.3 Å². The number of aromatic hydroxyl groups is 1. The van der Waals surface area contributed by atoms with E-state index in [9.17, 15) is 14.7 Å². The molecule has 2 aliphatic rings. The van der Waals surface area contributed by atoms with E-state index in [0.717, 1.165) is 33.5 Å². The van der Waals surface area contributed by atoms with Crippen molar-refractivity contribution in [2.24, 2.45) is 0 Å². The molecule has 0 radical (unpaired) electrons. The molecule has 0 bridgehead atoms. The third-order valence-electron chi connectivity index (χ3n) is 7.88. The van der Waals surface area contributed by atoms with E-state index in [0.29, 0.717) is 18.5 Å². The molecule has 2 aliphatic heterocycles. The Morgan fingerprint density at radius 1 is 1.08 bits per heavy atom.